The molecule has 1 atom stereocenters. The van der Waals surface area contributed by atoms with Gasteiger partial charge < -0.3 is 4.74 Å². The molecule has 12 heteroatoms. The number of fused-ring (bicyclic) bond motifs is 1. The van der Waals surface area contributed by atoms with Crippen molar-refractivity contribution >= 4 is 37.5 Å². The van der Waals surface area contributed by atoms with Crippen LogP contribution >= 0.6 is 11.3 Å². The lowest BCUT2D eigenvalue weighted by Crippen LogP contribution is -2.44. The number of hydroxylamine groups is 1. The summed E-state index contributed by atoms with van der Waals surface area (Å²) in [6.07, 6.45) is 5.24. The fourth-order valence-corrected chi connectivity index (χ4v) is 6.38. The van der Waals surface area contributed by atoms with Gasteiger partial charge in [0, 0.05) is 25.5 Å². The third kappa shape index (κ3) is 4.72. The Morgan fingerprint density at radius 3 is 2.84 bits per heavy atom. The summed E-state index contributed by atoms with van der Waals surface area (Å²) >= 11 is 1.53. The normalized spacial score (nSPS) is 16.7. The molecule has 1 aliphatic heterocycles. The van der Waals surface area contributed by atoms with Gasteiger partial charge in [-0.2, -0.15) is 0 Å². The average Bonchev–Trinajstić information content (AvgIpc) is 3.20. The first-order valence-electron chi connectivity index (χ1n) is 10.1. The predicted molar refractivity (Wildman–Crippen MR) is 118 cm³/mol. The van der Waals surface area contributed by atoms with Crippen molar-refractivity contribution in [2.75, 3.05) is 18.8 Å². The van der Waals surface area contributed by atoms with Crippen LogP contribution in [0.3, 0.4) is 0 Å². The number of carbonyl (C=O) groups is 1. The van der Waals surface area contributed by atoms with Crippen LogP contribution in [-0.4, -0.2) is 63.7 Å². The number of rotatable bonds is 7. The van der Waals surface area contributed by atoms with Gasteiger partial charge in [0.15, 0.2) is 0 Å². The second-order valence-electron chi connectivity index (χ2n) is 7.59. The van der Waals surface area contributed by atoms with Crippen molar-refractivity contribution in [3.63, 3.8) is 0 Å². The second-order valence-corrected chi connectivity index (χ2v) is 10.5. The van der Waals surface area contributed by atoms with Crippen molar-refractivity contribution in [1.29, 1.82) is 0 Å². The summed E-state index contributed by atoms with van der Waals surface area (Å²) in [6.45, 7) is 2.51. The number of nitrogens with one attached hydrogen (secondary N) is 1. The highest BCUT2D eigenvalue weighted by Gasteiger charge is 2.34. The molecule has 4 heterocycles. The molecule has 1 amide bonds. The van der Waals surface area contributed by atoms with E-state index in [1.165, 1.54) is 34.4 Å². The number of hydrogen-bond donors (Lipinski definition) is 2. The number of sulfonamides is 1. The molecule has 32 heavy (non-hydrogen) atoms. The van der Waals surface area contributed by atoms with Gasteiger partial charge in [-0.15, -0.1) is 11.3 Å². The van der Waals surface area contributed by atoms with E-state index in [4.69, 9.17) is 9.94 Å². The van der Waals surface area contributed by atoms with Crippen LogP contribution in [0.15, 0.2) is 36.2 Å². The van der Waals surface area contributed by atoms with E-state index >= 15 is 0 Å². The molecule has 3 aromatic heterocycles. The number of piperidine rings is 1. The van der Waals surface area contributed by atoms with E-state index in [0.29, 0.717) is 24.3 Å². The zero-order valence-electron chi connectivity index (χ0n) is 17.3. The number of carbonyl (C=O) groups excluding carboxylic acids is 1. The van der Waals surface area contributed by atoms with Gasteiger partial charge in [-0.05, 0) is 42.3 Å². The molecule has 1 aliphatic rings. The molecule has 1 saturated heterocycles. The minimum absolute atomic E-state index is 0.172. The lowest BCUT2D eigenvalue weighted by Gasteiger charge is -2.32. The van der Waals surface area contributed by atoms with Gasteiger partial charge in [0.05, 0.1) is 17.1 Å². The van der Waals surface area contributed by atoms with E-state index in [1.54, 1.807) is 17.6 Å². The molecule has 1 fully saturated rings. The van der Waals surface area contributed by atoms with E-state index in [9.17, 15) is 13.2 Å². The van der Waals surface area contributed by atoms with Gasteiger partial charge in [0.1, 0.15) is 17.3 Å². The van der Waals surface area contributed by atoms with Crippen LogP contribution in [0.5, 0.6) is 5.88 Å². The van der Waals surface area contributed by atoms with Crippen LogP contribution < -0.4 is 10.2 Å². The van der Waals surface area contributed by atoms with Crippen molar-refractivity contribution in [1.82, 2.24) is 24.7 Å². The third-order valence-electron chi connectivity index (χ3n) is 5.48. The summed E-state index contributed by atoms with van der Waals surface area (Å²) in [5.74, 6) is -1.80. The minimum atomic E-state index is -3.76. The standard InChI is InChI=1S/C20H23N5O5S2/c1-13-10-31-20-17(13)19(22-12-23-20)30-15-4-7-25(8-5-15)32(28,29)11-16(18(26)24-27)14-3-2-6-21-9-14/h2-3,6,9-10,12,15-16,27H,4-5,7-8,11H2,1H3,(H,24,26)/t16-/m1/s1. The lowest BCUT2D eigenvalue weighted by atomic mass is 10.0. The SMILES string of the molecule is Cc1csc2ncnc(OC3CCN(S(=O)(=O)C[C@@H](C(=O)NO)c4cccnc4)CC3)c12. The van der Waals surface area contributed by atoms with Crippen molar-refractivity contribution in [2.24, 2.45) is 0 Å². The third-order valence-corrected chi connectivity index (χ3v) is 8.39. The zero-order chi connectivity index (χ0) is 22.7. The van der Waals surface area contributed by atoms with Crippen molar-refractivity contribution < 1.29 is 23.2 Å². The van der Waals surface area contributed by atoms with Crippen molar-refractivity contribution in [2.45, 2.75) is 31.8 Å². The van der Waals surface area contributed by atoms with Crippen LogP contribution in [0, 0.1) is 6.92 Å². The maximum absolute atomic E-state index is 13.0. The molecule has 2 N–H and O–H groups in total. The first-order valence-corrected chi connectivity index (χ1v) is 12.5. The predicted octanol–water partition coefficient (Wildman–Crippen LogP) is 1.86. The second kappa shape index (κ2) is 9.45. The van der Waals surface area contributed by atoms with Crippen LogP contribution in [0.2, 0.25) is 0 Å². The van der Waals surface area contributed by atoms with Crippen LogP contribution in [0.1, 0.15) is 29.9 Å². The minimum Gasteiger partial charge on any atom is -0.474 e. The van der Waals surface area contributed by atoms with E-state index in [0.717, 1.165) is 15.8 Å². The molecule has 0 saturated carbocycles. The maximum atomic E-state index is 13.0. The quantitative estimate of drug-likeness (QED) is 0.389. The highest BCUT2D eigenvalue weighted by Crippen LogP contribution is 2.32. The molecular weight excluding hydrogens is 454 g/mol. The number of aryl methyl sites for hydroxylation is 1. The average molecular weight is 478 g/mol. The summed E-state index contributed by atoms with van der Waals surface area (Å²) in [6, 6.07) is 3.22. The van der Waals surface area contributed by atoms with Gasteiger partial charge >= 0.3 is 0 Å². The number of hydrogen-bond acceptors (Lipinski definition) is 9. The van der Waals surface area contributed by atoms with Crippen molar-refractivity contribution in [3.05, 3.63) is 47.4 Å². The summed E-state index contributed by atoms with van der Waals surface area (Å²) in [4.78, 5) is 25.5. The monoisotopic (exact) mass is 477 g/mol. The van der Waals surface area contributed by atoms with Crippen molar-refractivity contribution in [3.8, 4) is 5.88 Å². The van der Waals surface area contributed by atoms with Gasteiger partial charge in [-0.3, -0.25) is 15.0 Å². The Morgan fingerprint density at radius 1 is 1.38 bits per heavy atom. The highest BCUT2D eigenvalue weighted by atomic mass is 32.2. The molecule has 4 rings (SSSR count). The first kappa shape index (κ1) is 22.5. The lowest BCUT2D eigenvalue weighted by molar-refractivity contribution is -0.130. The number of nitrogens with zero attached hydrogens (tertiary/aromatic N) is 4. The van der Waals surface area contributed by atoms with Gasteiger partial charge in [-0.1, -0.05) is 6.07 Å². The number of pyridine rings is 1. The number of aromatic nitrogens is 3. The van der Waals surface area contributed by atoms with E-state index in [2.05, 4.69) is 15.0 Å². The van der Waals surface area contributed by atoms with Gasteiger partial charge in [0.25, 0.3) is 5.91 Å². The Kier molecular flexibility index (Phi) is 6.65. The summed E-state index contributed by atoms with van der Waals surface area (Å²) in [5.41, 5.74) is 3.02. The Hall–Kier alpha value is -2.67. The topological polar surface area (TPSA) is 135 Å². The Morgan fingerprint density at radius 2 is 2.16 bits per heavy atom. The molecule has 0 aromatic carbocycles. The number of ether oxygens (including phenoxy) is 1. The number of thiophene rings is 1. The first-order chi connectivity index (χ1) is 15.4. The molecule has 0 spiro atoms. The largest absolute Gasteiger partial charge is 0.474 e. The Bertz CT molecular complexity index is 1190. The summed E-state index contributed by atoms with van der Waals surface area (Å²) < 4.78 is 33.5. The smallest absolute Gasteiger partial charge is 0.252 e. The Balaban J connectivity index is 1.42. The maximum Gasteiger partial charge on any atom is 0.252 e. The highest BCUT2D eigenvalue weighted by molar-refractivity contribution is 7.89. The fourth-order valence-electron chi connectivity index (χ4n) is 3.76. The molecule has 0 unspecified atom stereocenters. The molecule has 3 aromatic rings. The zero-order valence-corrected chi connectivity index (χ0v) is 19.0. The van der Waals surface area contributed by atoms with E-state index < -0.39 is 27.6 Å². The molecule has 0 radical (unpaired) electrons. The van der Waals surface area contributed by atoms with Gasteiger partial charge in [-0.25, -0.2) is 28.2 Å². The molecular formula is C20H23N5O5S2. The van der Waals surface area contributed by atoms with Crippen LogP contribution in [-0.2, 0) is 14.8 Å². The van der Waals surface area contributed by atoms with Gasteiger partial charge in [0.2, 0.25) is 15.9 Å². The number of amides is 1. The van der Waals surface area contributed by atoms with Crippen LogP contribution in [0.25, 0.3) is 10.2 Å². The van der Waals surface area contributed by atoms with E-state index in [-0.39, 0.29) is 19.2 Å². The molecule has 0 aliphatic carbocycles. The molecule has 170 valence electrons. The molecule has 0 bridgehead atoms. The van der Waals surface area contributed by atoms with E-state index in [1.807, 2.05) is 12.3 Å². The summed E-state index contributed by atoms with van der Waals surface area (Å²) in [7, 11) is -3.76. The molecule has 10 nitrogen and oxygen atoms in total. The summed E-state index contributed by atoms with van der Waals surface area (Å²) in [5, 5.41) is 12.0. The Labute approximate surface area is 189 Å². The van der Waals surface area contributed by atoms with Crippen LogP contribution in [0.4, 0.5) is 0 Å². The fraction of sp³-hybridized carbons (Fsp3) is 0.400.